The van der Waals surface area contributed by atoms with E-state index in [1.807, 2.05) is 26.0 Å². The molecule has 1 aromatic rings. The molecule has 1 rings (SSSR count). The van der Waals surface area contributed by atoms with Gasteiger partial charge in [-0.2, -0.15) is 0 Å². The Labute approximate surface area is 78.5 Å². The molecule has 2 heteroatoms. The molecule has 0 spiro atoms. The number of Topliss-reactive ketones (excluding diaryl/α,β-unsaturated/α-hetero) is 1. The third kappa shape index (κ3) is 2.31. The van der Waals surface area contributed by atoms with Crippen molar-refractivity contribution >= 4 is 5.78 Å². The predicted molar refractivity (Wildman–Crippen MR) is 52.4 cm³/mol. The van der Waals surface area contributed by atoms with Gasteiger partial charge in [0.1, 0.15) is 5.75 Å². The van der Waals surface area contributed by atoms with Crippen LogP contribution in [0.25, 0.3) is 0 Å². The second kappa shape index (κ2) is 4.08. The Balaban J connectivity index is 2.98. The summed E-state index contributed by atoms with van der Waals surface area (Å²) in [6.07, 6.45) is 0. The van der Waals surface area contributed by atoms with E-state index in [0.29, 0.717) is 6.61 Å². The summed E-state index contributed by atoms with van der Waals surface area (Å²) in [5.74, 6) is 0.943. The second-order valence-electron chi connectivity index (χ2n) is 2.97. The maximum absolute atomic E-state index is 11.0. The van der Waals surface area contributed by atoms with E-state index in [-0.39, 0.29) is 5.78 Å². The highest BCUT2D eigenvalue weighted by Gasteiger charge is 2.03. The number of hydrogen-bond acceptors (Lipinski definition) is 2. The van der Waals surface area contributed by atoms with Crippen LogP contribution < -0.4 is 4.74 Å². The number of hydrogen-bond donors (Lipinski definition) is 0. The Morgan fingerprint density at radius 2 is 2.15 bits per heavy atom. The van der Waals surface area contributed by atoms with E-state index in [0.717, 1.165) is 16.9 Å². The minimum atomic E-state index is 0.0890. The Kier molecular flexibility index (Phi) is 3.07. The average Bonchev–Trinajstić information content (AvgIpc) is 2.08. The van der Waals surface area contributed by atoms with Gasteiger partial charge in [-0.05, 0) is 44.5 Å². The summed E-state index contributed by atoms with van der Waals surface area (Å²) in [6, 6.07) is 5.49. The summed E-state index contributed by atoms with van der Waals surface area (Å²) in [7, 11) is 0. The molecule has 0 atom stereocenters. The van der Waals surface area contributed by atoms with Crippen molar-refractivity contribution in [3.63, 3.8) is 0 Å². The van der Waals surface area contributed by atoms with Crippen LogP contribution in [0.3, 0.4) is 0 Å². The van der Waals surface area contributed by atoms with Crippen LogP contribution in [0.1, 0.15) is 29.8 Å². The van der Waals surface area contributed by atoms with Gasteiger partial charge >= 0.3 is 0 Å². The summed E-state index contributed by atoms with van der Waals surface area (Å²) < 4.78 is 5.36. The highest BCUT2D eigenvalue weighted by atomic mass is 16.5. The van der Waals surface area contributed by atoms with Crippen LogP contribution in [0, 0.1) is 6.92 Å². The molecule has 0 fully saturated rings. The molecule has 1 aromatic carbocycles. The summed E-state index contributed by atoms with van der Waals surface area (Å²) >= 11 is 0. The monoisotopic (exact) mass is 178 g/mol. The van der Waals surface area contributed by atoms with E-state index in [1.165, 1.54) is 0 Å². The van der Waals surface area contributed by atoms with Crippen molar-refractivity contribution in [1.29, 1.82) is 0 Å². The van der Waals surface area contributed by atoms with Gasteiger partial charge in [0, 0.05) is 5.56 Å². The molecule has 0 aliphatic heterocycles. The van der Waals surface area contributed by atoms with Crippen LogP contribution in [0.15, 0.2) is 18.2 Å². The lowest BCUT2D eigenvalue weighted by Gasteiger charge is -2.07. The molecular formula is C11H14O2. The van der Waals surface area contributed by atoms with Gasteiger partial charge in [0.15, 0.2) is 5.78 Å². The Morgan fingerprint density at radius 3 is 2.62 bits per heavy atom. The SMILES string of the molecule is CCOc1ccc(C(C)=O)cc1C. The molecule has 0 bridgehead atoms. The molecule has 0 aliphatic rings. The van der Waals surface area contributed by atoms with Crippen molar-refractivity contribution in [3.05, 3.63) is 29.3 Å². The smallest absolute Gasteiger partial charge is 0.159 e. The molecule has 0 radical (unpaired) electrons. The molecule has 70 valence electrons. The van der Waals surface area contributed by atoms with Crippen LogP contribution in [0.2, 0.25) is 0 Å². The molecule has 0 saturated carbocycles. The van der Waals surface area contributed by atoms with Crippen molar-refractivity contribution in [2.45, 2.75) is 20.8 Å². The fraction of sp³-hybridized carbons (Fsp3) is 0.364. The first kappa shape index (κ1) is 9.78. The lowest BCUT2D eigenvalue weighted by molar-refractivity contribution is 0.101. The van der Waals surface area contributed by atoms with Crippen molar-refractivity contribution in [2.24, 2.45) is 0 Å². The van der Waals surface area contributed by atoms with Crippen molar-refractivity contribution in [3.8, 4) is 5.75 Å². The van der Waals surface area contributed by atoms with E-state index in [4.69, 9.17) is 4.74 Å². The zero-order valence-electron chi connectivity index (χ0n) is 8.26. The van der Waals surface area contributed by atoms with Gasteiger partial charge in [-0.25, -0.2) is 0 Å². The average molecular weight is 178 g/mol. The molecule has 0 unspecified atom stereocenters. The number of benzene rings is 1. The molecule has 0 N–H and O–H groups in total. The summed E-state index contributed by atoms with van der Waals surface area (Å²) in [5.41, 5.74) is 1.75. The van der Waals surface area contributed by atoms with Crippen LogP contribution in [0.4, 0.5) is 0 Å². The van der Waals surface area contributed by atoms with E-state index in [9.17, 15) is 4.79 Å². The minimum absolute atomic E-state index is 0.0890. The summed E-state index contributed by atoms with van der Waals surface area (Å²) in [4.78, 5) is 11.0. The lowest BCUT2D eigenvalue weighted by atomic mass is 10.1. The number of rotatable bonds is 3. The Morgan fingerprint density at radius 1 is 1.46 bits per heavy atom. The Bertz CT molecular complexity index is 316. The first-order valence-electron chi connectivity index (χ1n) is 4.39. The van der Waals surface area contributed by atoms with Gasteiger partial charge in [-0.1, -0.05) is 0 Å². The number of ether oxygens (including phenoxy) is 1. The zero-order valence-corrected chi connectivity index (χ0v) is 8.26. The normalized spacial score (nSPS) is 9.77. The molecule has 0 aromatic heterocycles. The first-order valence-corrected chi connectivity index (χ1v) is 4.39. The van der Waals surface area contributed by atoms with E-state index in [2.05, 4.69) is 0 Å². The molecule has 0 heterocycles. The highest BCUT2D eigenvalue weighted by Crippen LogP contribution is 2.19. The highest BCUT2D eigenvalue weighted by molar-refractivity contribution is 5.94. The van der Waals surface area contributed by atoms with Gasteiger partial charge < -0.3 is 4.74 Å². The topological polar surface area (TPSA) is 26.3 Å². The number of carbonyl (C=O) groups is 1. The quantitative estimate of drug-likeness (QED) is 0.665. The fourth-order valence-corrected chi connectivity index (χ4v) is 1.19. The molecule has 0 aliphatic carbocycles. The third-order valence-corrected chi connectivity index (χ3v) is 1.88. The number of ketones is 1. The molecule has 2 nitrogen and oxygen atoms in total. The van der Waals surface area contributed by atoms with Gasteiger partial charge in [0.25, 0.3) is 0 Å². The van der Waals surface area contributed by atoms with Crippen molar-refractivity contribution < 1.29 is 9.53 Å². The first-order chi connectivity index (χ1) is 6.15. The molecule has 0 amide bonds. The van der Waals surface area contributed by atoms with E-state index in [1.54, 1.807) is 13.0 Å². The van der Waals surface area contributed by atoms with Crippen molar-refractivity contribution in [2.75, 3.05) is 6.61 Å². The van der Waals surface area contributed by atoms with Gasteiger partial charge in [-0.15, -0.1) is 0 Å². The molecular weight excluding hydrogens is 164 g/mol. The number of carbonyl (C=O) groups excluding carboxylic acids is 1. The zero-order chi connectivity index (χ0) is 9.84. The summed E-state index contributed by atoms with van der Waals surface area (Å²) in [5, 5.41) is 0. The van der Waals surface area contributed by atoms with Crippen LogP contribution in [-0.4, -0.2) is 12.4 Å². The molecule has 0 saturated heterocycles. The van der Waals surface area contributed by atoms with E-state index < -0.39 is 0 Å². The van der Waals surface area contributed by atoms with Crippen LogP contribution in [-0.2, 0) is 0 Å². The molecule has 13 heavy (non-hydrogen) atoms. The lowest BCUT2D eigenvalue weighted by Crippen LogP contribution is -1.97. The largest absolute Gasteiger partial charge is 0.494 e. The minimum Gasteiger partial charge on any atom is -0.494 e. The second-order valence-corrected chi connectivity index (χ2v) is 2.97. The van der Waals surface area contributed by atoms with Gasteiger partial charge in [0.05, 0.1) is 6.61 Å². The predicted octanol–water partition coefficient (Wildman–Crippen LogP) is 2.60. The maximum Gasteiger partial charge on any atom is 0.159 e. The third-order valence-electron chi connectivity index (χ3n) is 1.88. The van der Waals surface area contributed by atoms with E-state index >= 15 is 0 Å². The fourth-order valence-electron chi connectivity index (χ4n) is 1.19. The maximum atomic E-state index is 11.0. The van der Waals surface area contributed by atoms with Crippen molar-refractivity contribution in [1.82, 2.24) is 0 Å². The van der Waals surface area contributed by atoms with Crippen LogP contribution in [0.5, 0.6) is 5.75 Å². The van der Waals surface area contributed by atoms with Gasteiger partial charge in [0.2, 0.25) is 0 Å². The van der Waals surface area contributed by atoms with Crippen LogP contribution >= 0.6 is 0 Å². The standard InChI is InChI=1S/C11H14O2/c1-4-13-11-6-5-10(9(3)12)7-8(11)2/h5-7H,4H2,1-3H3. The summed E-state index contributed by atoms with van der Waals surface area (Å²) in [6.45, 7) is 6.10. The Hall–Kier alpha value is -1.31. The number of aryl methyl sites for hydroxylation is 1. The van der Waals surface area contributed by atoms with Gasteiger partial charge in [-0.3, -0.25) is 4.79 Å².